The van der Waals surface area contributed by atoms with Crippen LogP contribution in [0.2, 0.25) is 0 Å². The van der Waals surface area contributed by atoms with Crippen molar-refractivity contribution in [2.24, 2.45) is 0 Å². The summed E-state index contributed by atoms with van der Waals surface area (Å²) in [6.45, 7) is 2.63. The Bertz CT molecular complexity index is 699. The standard InChI is InChI=1S/C16H22N4O5S2/c1-4-5-8-25-10-6-7-11(17-13(26)19-15(21)23-2)12(9-10)18-14(27)20-16(22)24-3/h6-7,9H,4-5,8H2,1-3H3,(H2,17,19,21,26)(H2,18,20,22,27). The van der Waals surface area contributed by atoms with Gasteiger partial charge in [-0.3, -0.25) is 10.6 Å². The molecule has 0 bridgehead atoms. The average molecular weight is 415 g/mol. The van der Waals surface area contributed by atoms with Crippen molar-refractivity contribution in [3.63, 3.8) is 0 Å². The maximum absolute atomic E-state index is 11.3. The van der Waals surface area contributed by atoms with Gasteiger partial charge in [0.15, 0.2) is 10.2 Å². The summed E-state index contributed by atoms with van der Waals surface area (Å²) < 4.78 is 14.7. The molecule has 0 heterocycles. The predicted octanol–water partition coefficient (Wildman–Crippen LogP) is 2.97. The minimum absolute atomic E-state index is 0.0162. The maximum atomic E-state index is 11.3. The molecule has 9 nitrogen and oxygen atoms in total. The molecule has 0 atom stereocenters. The molecular formula is C16H22N4O5S2. The first kappa shape index (κ1) is 22.4. The number of carbonyl (C=O) groups is 2. The van der Waals surface area contributed by atoms with Crippen molar-refractivity contribution in [1.29, 1.82) is 0 Å². The summed E-state index contributed by atoms with van der Waals surface area (Å²) >= 11 is 10.1. The number of nitrogens with one attached hydrogen (secondary N) is 4. The van der Waals surface area contributed by atoms with Gasteiger partial charge in [-0.2, -0.15) is 0 Å². The van der Waals surface area contributed by atoms with Crippen LogP contribution in [0.4, 0.5) is 21.0 Å². The maximum Gasteiger partial charge on any atom is 0.413 e. The normalized spacial score (nSPS) is 9.59. The molecule has 0 saturated heterocycles. The van der Waals surface area contributed by atoms with Crippen LogP contribution in [-0.4, -0.2) is 43.2 Å². The molecule has 11 heteroatoms. The molecule has 0 spiro atoms. The number of thiocarbonyl (C=S) groups is 2. The van der Waals surface area contributed by atoms with Gasteiger partial charge in [0.1, 0.15) is 5.75 Å². The van der Waals surface area contributed by atoms with E-state index in [0.29, 0.717) is 23.7 Å². The van der Waals surface area contributed by atoms with E-state index in [9.17, 15) is 9.59 Å². The number of unbranched alkanes of at least 4 members (excludes halogenated alkanes) is 1. The highest BCUT2D eigenvalue weighted by Gasteiger charge is 2.11. The van der Waals surface area contributed by atoms with Crippen LogP contribution in [0.1, 0.15) is 19.8 Å². The molecule has 1 aromatic rings. The molecule has 0 unspecified atom stereocenters. The summed E-state index contributed by atoms with van der Waals surface area (Å²) in [5.41, 5.74) is 0.965. The van der Waals surface area contributed by atoms with Gasteiger partial charge in [0.25, 0.3) is 0 Å². The number of benzene rings is 1. The Hall–Kier alpha value is -2.66. The SMILES string of the molecule is CCCCOc1ccc(NC(=S)NC(=O)OC)c(NC(=S)NC(=O)OC)c1. The number of carbonyl (C=O) groups excluding carboxylic acids is 2. The van der Waals surface area contributed by atoms with Crippen LogP contribution >= 0.6 is 24.4 Å². The van der Waals surface area contributed by atoms with Crippen LogP contribution < -0.4 is 26.0 Å². The molecule has 1 aromatic carbocycles. The summed E-state index contributed by atoms with van der Waals surface area (Å²) in [5.74, 6) is 0.601. The first-order valence-electron chi connectivity index (χ1n) is 7.98. The number of methoxy groups -OCH3 is 2. The highest BCUT2D eigenvalue weighted by atomic mass is 32.1. The predicted molar refractivity (Wildman–Crippen MR) is 110 cm³/mol. The average Bonchev–Trinajstić information content (AvgIpc) is 2.63. The fourth-order valence-electron chi connectivity index (χ4n) is 1.75. The number of anilines is 2. The van der Waals surface area contributed by atoms with E-state index < -0.39 is 12.2 Å². The first-order chi connectivity index (χ1) is 12.9. The number of hydrogen-bond donors (Lipinski definition) is 4. The Morgan fingerprint density at radius 2 is 1.52 bits per heavy atom. The van der Waals surface area contributed by atoms with Gasteiger partial charge in [-0.25, -0.2) is 9.59 Å². The largest absolute Gasteiger partial charge is 0.494 e. The zero-order valence-corrected chi connectivity index (χ0v) is 16.8. The summed E-state index contributed by atoms with van der Waals surface area (Å²) in [7, 11) is 2.45. The van der Waals surface area contributed by atoms with Crippen molar-refractivity contribution in [1.82, 2.24) is 10.6 Å². The zero-order chi connectivity index (χ0) is 20.2. The third-order valence-corrected chi connectivity index (χ3v) is 3.46. The van der Waals surface area contributed by atoms with E-state index >= 15 is 0 Å². The topological polar surface area (TPSA) is 110 Å². The summed E-state index contributed by atoms with van der Waals surface area (Å²) in [6, 6.07) is 5.11. The van der Waals surface area contributed by atoms with E-state index in [2.05, 4.69) is 37.7 Å². The Kier molecular flexibility index (Phi) is 9.83. The quantitative estimate of drug-likeness (QED) is 0.412. The van der Waals surface area contributed by atoms with Gasteiger partial charge < -0.3 is 24.8 Å². The highest BCUT2D eigenvalue weighted by molar-refractivity contribution is 7.80. The van der Waals surface area contributed by atoms with Crippen molar-refractivity contribution in [2.45, 2.75) is 19.8 Å². The highest BCUT2D eigenvalue weighted by Crippen LogP contribution is 2.27. The summed E-state index contributed by atoms with van der Waals surface area (Å²) in [4.78, 5) is 22.5. The van der Waals surface area contributed by atoms with E-state index in [0.717, 1.165) is 12.8 Å². The molecule has 0 radical (unpaired) electrons. The Morgan fingerprint density at radius 3 is 2.04 bits per heavy atom. The zero-order valence-electron chi connectivity index (χ0n) is 15.2. The number of rotatable bonds is 6. The van der Waals surface area contributed by atoms with Gasteiger partial charge in [-0.15, -0.1) is 0 Å². The van der Waals surface area contributed by atoms with Gasteiger partial charge >= 0.3 is 12.2 Å². The Labute approximate surface area is 168 Å². The van der Waals surface area contributed by atoms with Crippen LogP contribution in [0, 0.1) is 0 Å². The molecule has 2 amide bonds. The van der Waals surface area contributed by atoms with E-state index in [1.165, 1.54) is 14.2 Å². The van der Waals surface area contributed by atoms with Crippen LogP contribution in [0.3, 0.4) is 0 Å². The summed E-state index contributed by atoms with van der Waals surface area (Å²) in [5, 5.41) is 10.4. The third-order valence-electron chi connectivity index (χ3n) is 3.06. The van der Waals surface area contributed by atoms with E-state index in [-0.39, 0.29) is 10.2 Å². The van der Waals surface area contributed by atoms with Crippen molar-refractivity contribution in [3.05, 3.63) is 18.2 Å². The number of hydrogen-bond acceptors (Lipinski definition) is 7. The lowest BCUT2D eigenvalue weighted by atomic mass is 10.2. The van der Waals surface area contributed by atoms with Crippen molar-refractivity contribution in [3.8, 4) is 5.75 Å². The van der Waals surface area contributed by atoms with E-state index in [1.807, 2.05) is 0 Å². The second-order valence-corrected chi connectivity index (χ2v) is 5.87. The fraction of sp³-hybridized carbons (Fsp3) is 0.375. The number of amides is 2. The van der Waals surface area contributed by atoms with Crippen molar-refractivity contribution in [2.75, 3.05) is 31.5 Å². The summed E-state index contributed by atoms with van der Waals surface area (Å²) in [6.07, 6.45) is 0.508. The second kappa shape index (κ2) is 11.9. The minimum Gasteiger partial charge on any atom is -0.494 e. The molecule has 0 aliphatic carbocycles. The van der Waals surface area contributed by atoms with Gasteiger partial charge in [0.05, 0.1) is 32.2 Å². The molecule has 27 heavy (non-hydrogen) atoms. The molecule has 0 aliphatic heterocycles. The van der Waals surface area contributed by atoms with Crippen LogP contribution in [0.15, 0.2) is 18.2 Å². The molecule has 1 rings (SSSR count). The lowest BCUT2D eigenvalue weighted by Gasteiger charge is -2.17. The lowest BCUT2D eigenvalue weighted by molar-refractivity contribution is 0.176. The number of ether oxygens (including phenoxy) is 3. The minimum atomic E-state index is -0.708. The van der Waals surface area contributed by atoms with Gasteiger partial charge in [0.2, 0.25) is 0 Å². The van der Waals surface area contributed by atoms with Crippen LogP contribution in [0.5, 0.6) is 5.75 Å². The third kappa shape index (κ3) is 8.51. The van der Waals surface area contributed by atoms with E-state index in [4.69, 9.17) is 29.2 Å². The van der Waals surface area contributed by atoms with Gasteiger partial charge in [-0.1, -0.05) is 13.3 Å². The molecule has 148 valence electrons. The molecule has 0 aromatic heterocycles. The van der Waals surface area contributed by atoms with Gasteiger partial charge in [0, 0.05) is 6.07 Å². The monoisotopic (exact) mass is 414 g/mol. The number of alkyl carbamates (subject to hydrolysis) is 2. The lowest BCUT2D eigenvalue weighted by Crippen LogP contribution is -2.35. The molecule has 4 N–H and O–H groups in total. The smallest absolute Gasteiger partial charge is 0.413 e. The van der Waals surface area contributed by atoms with Crippen molar-refractivity contribution >= 4 is 58.2 Å². The molecule has 0 fully saturated rings. The Balaban J connectivity index is 2.94. The van der Waals surface area contributed by atoms with Crippen molar-refractivity contribution < 1.29 is 23.8 Å². The molecule has 0 aliphatic rings. The second-order valence-electron chi connectivity index (χ2n) is 5.05. The first-order valence-corrected chi connectivity index (χ1v) is 8.80. The van der Waals surface area contributed by atoms with Crippen LogP contribution in [-0.2, 0) is 9.47 Å². The fourth-order valence-corrected chi connectivity index (χ4v) is 2.14. The molecule has 0 saturated carbocycles. The van der Waals surface area contributed by atoms with Gasteiger partial charge in [-0.05, 0) is 43.0 Å². The van der Waals surface area contributed by atoms with Crippen LogP contribution in [0.25, 0.3) is 0 Å². The Morgan fingerprint density at radius 1 is 0.963 bits per heavy atom. The van der Waals surface area contributed by atoms with E-state index in [1.54, 1.807) is 18.2 Å². The molecular weight excluding hydrogens is 392 g/mol.